The van der Waals surface area contributed by atoms with Crippen LogP contribution >= 0.6 is 0 Å². The molecule has 1 unspecified atom stereocenters. The van der Waals surface area contributed by atoms with Crippen LogP contribution in [0.4, 0.5) is 0 Å². The summed E-state index contributed by atoms with van der Waals surface area (Å²) in [5, 5.41) is 3.43. The van der Waals surface area contributed by atoms with E-state index in [1.165, 1.54) is 12.0 Å². The highest BCUT2D eigenvalue weighted by atomic mass is 16.5. The molecular weight excluding hydrogens is 250 g/mol. The van der Waals surface area contributed by atoms with Crippen LogP contribution in [0.3, 0.4) is 0 Å². The summed E-state index contributed by atoms with van der Waals surface area (Å²) in [6.07, 6.45) is 4.21. The van der Waals surface area contributed by atoms with Gasteiger partial charge in [-0.3, -0.25) is 0 Å². The van der Waals surface area contributed by atoms with Crippen LogP contribution < -0.4 is 5.32 Å². The van der Waals surface area contributed by atoms with Crippen LogP contribution in [0.15, 0.2) is 0 Å². The van der Waals surface area contributed by atoms with Crippen molar-refractivity contribution in [3.8, 4) is 0 Å². The second kappa shape index (κ2) is 9.03. The predicted octanol–water partition coefficient (Wildman–Crippen LogP) is 3.12. The molecule has 1 N–H and O–H groups in total. The van der Waals surface area contributed by atoms with Gasteiger partial charge in [0.05, 0.1) is 0 Å². The summed E-state index contributed by atoms with van der Waals surface area (Å²) in [7, 11) is 1.73. The average molecular weight is 279 g/mol. The van der Waals surface area contributed by atoms with E-state index in [0.717, 1.165) is 49.6 Å². The fourth-order valence-corrected chi connectivity index (χ4v) is 2.40. The van der Waals surface area contributed by atoms with E-state index in [1.54, 1.807) is 7.11 Å². The van der Waals surface area contributed by atoms with Crippen molar-refractivity contribution >= 4 is 0 Å². The number of hydrogen-bond acceptors (Lipinski definition) is 4. The molecule has 0 spiro atoms. The molecule has 114 valence electrons. The topological polar surface area (TPSA) is 47.0 Å². The van der Waals surface area contributed by atoms with Crippen molar-refractivity contribution in [1.29, 1.82) is 0 Å². The van der Waals surface area contributed by atoms with E-state index in [2.05, 4.69) is 43.0 Å². The second-order valence-electron chi connectivity index (χ2n) is 5.24. The first-order valence-electron chi connectivity index (χ1n) is 7.71. The van der Waals surface area contributed by atoms with E-state index in [9.17, 15) is 0 Å². The molecule has 0 saturated carbocycles. The zero-order valence-electron chi connectivity index (χ0n) is 13.6. The van der Waals surface area contributed by atoms with Crippen molar-refractivity contribution in [3.05, 3.63) is 22.8 Å². The van der Waals surface area contributed by atoms with Gasteiger partial charge in [-0.25, -0.2) is 9.97 Å². The number of aromatic nitrogens is 2. The summed E-state index contributed by atoms with van der Waals surface area (Å²) < 4.78 is 5.50. The van der Waals surface area contributed by atoms with Crippen LogP contribution in [0.25, 0.3) is 0 Å². The first kappa shape index (κ1) is 17.1. The lowest BCUT2D eigenvalue weighted by Crippen LogP contribution is -2.20. The van der Waals surface area contributed by atoms with Gasteiger partial charge in [0.2, 0.25) is 0 Å². The van der Waals surface area contributed by atoms with Crippen LogP contribution in [0.5, 0.6) is 0 Å². The molecule has 0 aliphatic carbocycles. The zero-order chi connectivity index (χ0) is 15.0. The van der Waals surface area contributed by atoms with Gasteiger partial charge < -0.3 is 10.1 Å². The third-order valence-corrected chi connectivity index (χ3v) is 3.54. The molecule has 0 aliphatic heterocycles. The predicted molar refractivity (Wildman–Crippen MR) is 83.0 cm³/mol. The van der Waals surface area contributed by atoms with Gasteiger partial charge in [-0.15, -0.1) is 0 Å². The number of rotatable bonds is 9. The van der Waals surface area contributed by atoms with Gasteiger partial charge in [0.1, 0.15) is 6.10 Å². The summed E-state index contributed by atoms with van der Waals surface area (Å²) in [6.45, 7) is 10.5. The molecule has 0 saturated heterocycles. The smallest absolute Gasteiger partial charge is 0.157 e. The van der Waals surface area contributed by atoms with Crippen LogP contribution in [0.2, 0.25) is 0 Å². The van der Waals surface area contributed by atoms with E-state index in [-0.39, 0.29) is 6.10 Å². The maximum Gasteiger partial charge on any atom is 0.157 e. The Bertz CT molecular complexity index is 384. The number of hydrogen-bond donors (Lipinski definition) is 1. The minimum atomic E-state index is 0.0182. The molecule has 4 heteroatoms. The van der Waals surface area contributed by atoms with Crippen molar-refractivity contribution in [3.63, 3.8) is 0 Å². The van der Waals surface area contributed by atoms with Crippen molar-refractivity contribution in [1.82, 2.24) is 15.3 Å². The van der Waals surface area contributed by atoms with E-state index in [1.807, 2.05) is 0 Å². The summed E-state index contributed by atoms with van der Waals surface area (Å²) in [4.78, 5) is 9.32. The fraction of sp³-hybridized carbons (Fsp3) is 0.750. The van der Waals surface area contributed by atoms with Gasteiger partial charge >= 0.3 is 0 Å². The highest BCUT2D eigenvalue weighted by molar-refractivity contribution is 5.25. The maximum absolute atomic E-state index is 5.50. The largest absolute Gasteiger partial charge is 0.373 e. The van der Waals surface area contributed by atoms with Crippen molar-refractivity contribution in [2.45, 2.75) is 59.5 Å². The number of methoxy groups -OCH3 is 1. The Morgan fingerprint density at radius 2 is 1.70 bits per heavy atom. The first-order valence-corrected chi connectivity index (χ1v) is 7.71. The molecule has 20 heavy (non-hydrogen) atoms. The molecule has 0 radical (unpaired) electrons. The summed E-state index contributed by atoms with van der Waals surface area (Å²) >= 11 is 0. The van der Waals surface area contributed by atoms with E-state index in [4.69, 9.17) is 4.74 Å². The van der Waals surface area contributed by atoms with Gasteiger partial charge in [0.15, 0.2) is 5.82 Å². The number of aryl methyl sites for hydroxylation is 2. The first-order chi connectivity index (χ1) is 9.63. The Morgan fingerprint density at radius 3 is 2.20 bits per heavy atom. The standard InChI is InChI=1S/C16H29N3O/c1-6-8-15(20-5)16-18-12(3)14(13(4)19-16)9-11-17-10-7-2/h15,17H,6-11H2,1-5H3. The second-order valence-corrected chi connectivity index (χ2v) is 5.24. The van der Waals surface area contributed by atoms with Gasteiger partial charge in [-0.1, -0.05) is 20.3 Å². The molecule has 1 aromatic heterocycles. The summed E-state index contributed by atoms with van der Waals surface area (Å²) in [5.41, 5.74) is 3.44. The number of nitrogens with one attached hydrogen (secondary N) is 1. The molecule has 0 amide bonds. The molecule has 1 atom stereocenters. The summed E-state index contributed by atoms with van der Waals surface area (Å²) in [5.74, 6) is 0.828. The van der Waals surface area contributed by atoms with Crippen LogP contribution in [-0.4, -0.2) is 30.2 Å². The molecule has 1 rings (SSSR count). The third-order valence-electron chi connectivity index (χ3n) is 3.54. The van der Waals surface area contributed by atoms with E-state index < -0.39 is 0 Å². The van der Waals surface area contributed by atoms with Gasteiger partial charge in [0, 0.05) is 18.5 Å². The number of ether oxygens (including phenoxy) is 1. The molecule has 0 aliphatic rings. The summed E-state index contributed by atoms with van der Waals surface area (Å²) in [6, 6.07) is 0. The Hall–Kier alpha value is -1.00. The highest BCUT2D eigenvalue weighted by Gasteiger charge is 2.16. The SMILES string of the molecule is CCCNCCc1c(C)nc(C(CCC)OC)nc1C. The lowest BCUT2D eigenvalue weighted by molar-refractivity contribution is 0.0872. The van der Waals surface area contributed by atoms with Crippen molar-refractivity contribution in [2.24, 2.45) is 0 Å². The van der Waals surface area contributed by atoms with Gasteiger partial charge in [-0.2, -0.15) is 0 Å². The fourth-order valence-electron chi connectivity index (χ4n) is 2.40. The van der Waals surface area contributed by atoms with Crippen molar-refractivity contribution in [2.75, 3.05) is 20.2 Å². The lowest BCUT2D eigenvalue weighted by atomic mass is 10.1. The van der Waals surface area contributed by atoms with Gasteiger partial charge in [-0.05, 0) is 51.8 Å². The van der Waals surface area contributed by atoms with Crippen LogP contribution in [-0.2, 0) is 11.2 Å². The molecule has 0 bridgehead atoms. The minimum Gasteiger partial charge on any atom is -0.373 e. The Balaban J connectivity index is 2.79. The van der Waals surface area contributed by atoms with Crippen molar-refractivity contribution < 1.29 is 4.74 Å². The zero-order valence-corrected chi connectivity index (χ0v) is 13.6. The molecule has 0 aromatic carbocycles. The quantitative estimate of drug-likeness (QED) is 0.706. The molecule has 1 heterocycles. The highest BCUT2D eigenvalue weighted by Crippen LogP contribution is 2.21. The van der Waals surface area contributed by atoms with Crippen LogP contribution in [0.1, 0.15) is 62.0 Å². The molecular formula is C16H29N3O. The normalized spacial score (nSPS) is 12.7. The van der Waals surface area contributed by atoms with E-state index >= 15 is 0 Å². The van der Waals surface area contributed by atoms with Crippen LogP contribution in [0, 0.1) is 13.8 Å². The molecule has 1 aromatic rings. The minimum absolute atomic E-state index is 0.0182. The van der Waals surface area contributed by atoms with Gasteiger partial charge in [0.25, 0.3) is 0 Å². The molecule has 0 fully saturated rings. The monoisotopic (exact) mass is 279 g/mol. The Kier molecular flexibility index (Phi) is 7.70. The van der Waals surface area contributed by atoms with E-state index in [0.29, 0.717) is 0 Å². The maximum atomic E-state index is 5.50. The lowest BCUT2D eigenvalue weighted by Gasteiger charge is -2.16. The Labute approximate surface area is 123 Å². The average Bonchev–Trinajstić information content (AvgIpc) is 2.43. The molecule has 4 nitrogen and oxygen atoms in total. The third kappa shape index (κ3) is 4.84. The number of nitrogens with zero attached hydrogens (tertiary/aromatic N) is 2. The Morgan fingerprint density at radius 1 is 1.05 bits per heavy atom.